The number of hydrogen-bond donors (Lipinski definition) is 1. The molecule has 3 nitrogen and oxygen atoms in total. The Bertz CT molecular complexity index is 399. The molecular weight excluding hydrogens is 247 g/mol. The molecule has 0 fully saturated rings. The molecular formula is C12H14F3NO2. The van der Waals surface area contributed by atoms with Crippen molar-refractivity contribution >= 4 is 5.91 Å². The van der Waals surface area contributed by atoms with E-state index in [9.17, 15) is 18.0 Å². The van der Waals surface area contributed by atoms with Crippen molar-refractivity contribution in [3.63, 3.8) is 0 Å². The van der Waals surface area contributed by atoms with E-state index in [0.29, 0.717) is 5.56 Å². The maximum Gasteiger partial charge on any atom is 0.255 e. The lowest BCUT2D eigenvalue weighted by Crippen LogP contribution is -2.38. The van der Waals surface area contributed by atoms with Gasteiger partial charge < -0.3 is 10.0 Å². The monoisotopic (exact) mass is 261 g/mol. The number of halogens is 3. The Morgan fingerprint density at radius 2 is 2.11 bits per heavy atom. The highest BCUT2D eigenvalue weighted by molar-refractivity contribution is 5.78. The van der Waals surface area contributed by atoms with Gasteiger partial charge in [-0.15, -0.1) is 0 Å². The fourth-order valence-corrected chi connectivity index (χ4v) is 1.54. The standard InChI is InChI=1S/C12H14F3NO2/c13-10-3-1-2-9(6-10)7-12(18)16(4-5-17)8-11(14)15/h1-3,6,11,17H,4-5,7-8H2. The largest absolute Gasteiger partial charge is 0.395 e. The third-order valence-corrected chi connectivity index (χ3v) is 2.33. The molecule has 0 unspecified atom stereocenters. The minimum atomic E-state index is -2.66. The molecule has 0 aliphatic rings. The molecule has 0 heterocycles. The third-order valence-electron chi connectivity index (χ3n) is 2.33. The highest BCUT2D eigenvalue weighted by Crippen LogP contribution is 2.07. The third kappa shape index (κ3) is 4.75. The molecule has 0 saturated carbocycles. The van der Waals surface area contributed by atoms with Crippen LogP contribution in [-0.2, 0) is 11.2 Å². The van der Waals surface area contributed by atoms with Crippen LogP contribution in [0.2, 0.25) is 0 Å². The van der Waals surface area contributed by atoms with E-state index in [1.54, 1.807) is 6.07 Å². The van der Waals surface area contributed by atoms with Crippen molar-refractivity contribution in [1.82, 2.24) is 4.90 Å². The van der Waals surface area contributed by atoms with Gasteiger partial charge in [0, 0.05) is 6.54 Å². The SMILES string of the molecule is O=C(Cc1cccc(F)c1)N(CCO)CC(F)F. The molecule has 100 valence electrons. The molecule has 0 aliphatic carbocycles. The van der Waals surface area contributed by atoms with Crippen molar-refractivity contribution in [2.24, 2.45) is 0 Å². The second-order valence-electron chi connectivity index (χ2n) is 3.76. The van der Waals surface area contributed by atoms with Gasteiger partial charge in [0.15, 0.2) is 0 Å². The molecule has 0 saturated heterocycles. The maximum atomic E-state index is 12.9. The molecule has 0 spiro atoms. The summed E-state index contributed by atoms with van der Waals surface area (Å²) >= 11 is 0. The number of hydrogen-bond acceptors (Lipinski definition) is 2. The van der Waals surface area contributed by atoms with Crippen molar-refractivity contribution in [1.29, 1.82) is 0 Å². The van der Waals surface area contributed by atoms with E-state index in [2.05, 4.69) is 0 Å². The summed E-state index contributed by atoms with van der Waals surface area (Å²) in [5.41, 5.74) is 0.414. The fraction of sp³-hybridized carbons (Fsp3) is 0.417. The molecule has 0 atom stereocenters. The summed E-state index contributed by atoms with van der Waals surface area (Å²) in [6, 6.07) is 5.40. The lowest BCUT2D eigenvalue weighted by molar-refractivity contribution is -0.133. The Hall–Kier alpha value is -1.56. The van der Waals surface area contributed by atoms with Crippen LogP contribution in [0.25, 0.3) is 0 Å². The Labute approximate surface area is 103 Å². The summed E-state index contributed by atoms with van der Waals surface area (Å²) in [6.07, 6.45) is -2.82. The lowest BCUT2D eigenvalue weighted by atomic mass is 10.1. The van der Waals surface area contributed by atoms with Gasteiger partial charge in [-0.2, -0.15) is 0 Å². The van der Waals surface area contributed by atoms with Gasteiger partial charge in [-0.05, 0) is 17.7 Å². The number of nitrogens with zero attached hydrogens (tertiary/aromatic N) is 1. The Balaban J connectivity index is 2.66. The summed E-state index contributed by atoms with van der Waals surface area (Å²) in [5.74, 6) is -1.04. The summed E-state index contributed by atoms with van der Waals surface area (Å²) in [6.45, 7) is -1.27. The number of carbonyl (C=O) groups excluding carboxylic acids is 1. The summed E-state index contributed by atoms with van der Waals surface area (Å²) in [5, 5.41) is 8.71. The van der Waals surface area contributed by atoms with Crippen molar-refractivity contribution < 1.29 is 23.1 Å². The summed E-state index contributed by atoms with van der Waals surface area (Å²) in [4.78, 5) is 12.6. The molecule has 1 amide bonds. The van der Waals surface area contributed by atoms with Crippen LogP contribution < -0.4 is 0 Å². The molecule has 1 aromatic rings. The quantitative estimate of drug-likeness (QED) is 0.842. The molecule has 0 radical (unpaired) electrons. The van der Waals surface area contributed by atoms with Crippen LogP contribution in [0.1, 0.15) is 5.56 Å². The van der Waals surface area contributed by atoms with Crippen molar-refractivity contribution in [2.75, 3.05) is 19.7 Å². The zero-order valence-electron chi connectivity index (χ0n) is 9.65. The number of carbonyl (C=O) groups is 1. The average molecular weight is 261 g/mol. The predicted molar refractivity (Wildman–Crippen MR) is 59.8 cm³/mol. The first-order valence-corrected chi connectivity index (χ1v) is 5.44. The Morgan fingerprint density at radius 3 is 2.67 bits per heavy atom. The van der Waals surface area contributed by atoms with E-state index >= 15 is 0 Å². The highest BCUT2D eigenvalue weighted by atomic mass is 19.3. The Kier molecular flexibility index (Phi) is 5.64. The van der Waals surface area contributed by atoms with E-state index < -0.39 is 24.7 Å². The van der Waals surface area contributed by atoms with Crippen LogP contribution in [0.15, 0.2) is 24.3 Å². The lowest BCUT2D eigenvalue weighted by Gasteiger charge is -2.21. The van der Waals surface area contributed by atoms with E-state index in [1.165, 1.54) is 18.2 Å². The molecule has 1 aromatic carbocycles. The minimum Gasteiger partial charge on any atom is -0.395 e. The first-order valence-electron chi connectivity index (χ1n) is 5.44. The van der Waals surface area contributed by atoms with E-state index in [-0.39, 0.29) is 19.6 Å². The zero-order valence-corrected chi connectivity index (χ0v) is 9.65. The second kappa shape index (κ2) is 7.00. The molecule has 0 aromatic heterocycles. The smallest absolute Gasteiger partial charge is 0.255 e. The first-order chi connectivity index (χ1) is 8.52. The maximum absolute atomic E-state index is 12.9. The average Bonchev–Trinajstić information content (AvgIpc) is 2.27. The van der Waals surface area contributed by atoms with Gasteiger partial charge >= 0.3 is 0 Å². The van der Waals surface area contributed by atoms with Crippen LogP contribution in [0, 0.1) is 5.82 Å². The van der Waals surface area contributed by atoms with Crippen molar-refractivity contribution in [2.45, 2.75) is 12.8 Å². The van der Waals surface area contributed by atoms with E-state index in [1.807, 2.05) is 0 Å². The number of amides is 1. The van der Waals surface area contributed by atoms with Crippen LogP contribution in [0.4, 0.5) is 13.2 Å². The number of alkyl halides is 2. The number of aliphatic hydroxyl groups excluding tert-OH is 1. The second-order valence-corrected chi connectivity index (χ2v) is 3.76. The van der Waals surface area contributed by atoms with Crippen LogP contribution >= 0.6 is 0 Å². The van der Waals surface area contributed by atoms with Crippen molar-refractivity contribution in [3.05, 3.63) is 35.6 Å². The molecule has 1 N–H and O–H groups in total. The summed E-state index contributed by atoms with van der Waals surface area (Å²) < 4.78 is 37.4. The van der Waals surface area contributed by atoms with Crippen LogP contribution in [0.5, 0.6) is 0 Å². The van der Waals surface area contributed by atoms with Gasteiger partial charge in [-0.25, -0.2) is 13.2 Å². The molecule has 18 heavy (non-hydrogen) atoms. The number of rotatable bonds is 6. The minimum absolute atomic E-state index is 0.154. The van der Waals surface area contributed by atoms with E-state index in [0.717, 1.165) is 4.90 Å². The van der Waals surface area contributed by atoms with Gasteiger partial charge in [0.05, 0.1) is 19.6 Å². The summed E-state index contributed by atoms with van der Waals surface area (Å²) in [7, 11) is 0. The van der Waals surface area contributed by atoms with Crippen LogP contribution in [-0.4, -0.2) is 42.0 Å². The molecule has 6 heteroatoms. The van der Waals surface area contributed by atoms with Crippen molar-refractivity contribution in [3.8, 4) is 0 Å². The highest BCUT2D eigenvalue weighted by Gasteiger charge is 2.18. The molecule has 0 aliphatic heterocycles. The van der Waals surface area contributed by atoms with Gasteiger partial charge in [-0.3, -0.25) is 4.79 Å². The number of benzene rings is 1. The molecule has 0 bridgehead atoms. The van der Waals surface area contributed by atoms with Gasteiger partial charge in [0.25, 0.3) is 6.43 Å². The topological polar surface area (TPSA) is 40.5 Å². The van der Waals surface area contributed by atoms with Gasteiger partial charge in [-0.1, -0.05) is 12.1 Å². The zero-order chi connectivity index (χ0) is 13.5. The van der Waals surface area contributed by atoms with E-state index in [4.69, 9.17) is 5.11 Å². The van der Waals surface area contributed by atoms with Crippen LogP contribution in [0.3, 0.4) is 0 Å². The normalized spacial score (nSPS) is 10.7. The number of aliphatic hydroxyl groups is 1. The van der Waals surface area contributed by atoms with Gasteiger partial charge in [0.1, 0.15) is 5.82 Å². The Morgan fingerprint density at radius 1 is 1.39 bits per heavy atom. The van der Waals surface area contributed by atoms with Gasteiger partial charge in [0.2, 0.25) is 5.91 Å². The first kappa shape index (κ1) is 14.5. The predicted octanol–water partition coefficient (Wildman–Crippen LogP) is 1.45. The molecule has 1 rings (SSSR count). The fourth-order valence-electron chi connectivity index (χ4n) is 1.54.